The van der Waals surface area contributed by atoms with Gasteiger partial charge in [0.2, 0.25) is 5.89 Å². The van der Waals surface area contributed by atoms with E-state index >= 15 is 0 Å². The minimum absolute atomic E-state index is 0.224. The number of nitrogens with zero attached hydrogens (tertiary/aromatic N) is 1. The van der Waals surface area contributed by atoms with Gasteiger partial charge in [-0.05, 0) is 46.3 Å². The van der Waals surface area contributed by atoms with E-state index in [-0.39, 0.29) is 11.5 Å². The minimum Gasteiger partial charge on any atom is -0.435 e. The number of nitrogen functional groups attached to an aromatic ring is 1. The number of nitrogens with two attached hydrogens (primary N) is 1. The van der Waals surface area contributed by atoms with E-state index in [1.807, 2.05) is 12.1 Å². The van der Waals surface area contributed by atoms with Crippen molar-refractivity contribution < 1.29 is 8.81 Å². The van der Waals surface area contributed by atoms with E-state index < -0.39 is 5.82 Å². The van der Waals surface area contributed by atoms with Crippen molar-refractivity contribution in [1.29, 1.82) is 0 Å². The van der Waals surface area contributed by atoms with Crippen molar-refractivity contribution in [3.8, 4) is 11.5 Å². The van der Waals surface area contributed by atoms with Crippen LogP contribution in [0.25, 0.3) is 22.6 Å². The molecule has 0 unspecified atom stereocenters. The Morgan fingerprint density at radius 2 is 2.06 bits per heavy atom. The standard InChI is InChI=1S/C13H8BrFN2O/c14-9-2-1-3-11-12(9)18-13(17-11)8-6-7(16)4-5-10(8)15/h1-6H,16H2. The van der Waals surface area contributed by atoms with Crippen molar-refractivity contribution in [1.82, 2.24) is 4.98 Å². The molecule has 0 aliphatic carbocycles. The fourth-order valence-electron chi connectivity index (χ4n) is 1.74. The molecule has 0 amide bonds. The number of fused-ring (bicyclic) bond motifs is 1. The highest BCUT2D eigenvalue weighted by molar-refractivity contribution is 9.10. The lowest BCUT2D eigenvalue weighted by molar-refractivity contribution is 0.593. The van der Waals surface area contributed by atoms with E-state index in [0.717, 1.165) is 4.47 Å². The molecule has 18 heavy (non-hydrogen) atoms. The summed E-state index contributed by atoms with van der Waals surface area (Å²) >= 11 is 3.36. The molecule has 3 nitrogen and oxygen atoms in total. The minimum atomic E-state index is -0.410. The first-order chi connectivity index (χ1) is 8.65. The van der Waals surface area contributed by atoms with Gasteiger partial charge in [-0.2, -0.15) is 0 Å². The zero-order chi connectivity index (χ0) is 12.7. The zero-order valence-electron chi connectivity index (χ0n) is 9.15. The summed E-state index contributed by atoms with van der Waals surface area (Å²) in [6.07, 6.45) is 0. The predicted octanol–water partition coefficient (Wildman–Crippen LogP) is 3.98. The molecular weight excluding hydrogens is 299 g/mol. The van der Waals surface area contributed by atoms with Crippen LogP contribution in [-0.4, -0.2) is 4.98 Å². The Bertz CT molecular complexity index is 739. The van der Waals surface area contributed by atoms with Gasteiger partial charge in [0.25, 0.3) is 0 Å². The Morgan fingerprint density at radius 1 is 1.22 bits per heavy atom. The molecule has 0 bridgehead atoms. The number of hydrogen-bond acceptors (Lipinski definition) is 3. The maximum absolute atomic E-state index is 13.7. The number of hydrogen-bond donors (Lipinski definition) is 1. The number of aromatic nitrogens is 1. The van der Waals surface area contributed by atoms with Crippen LogP contribution in [0.1, 0.15) is 0 Å². The van der Waals surface area contributed by atoms with Gasteiger partial charge in [-0.3, -0.25) is 0 Å². The van der Waals surface area contributed by atoms with Crippen LogP contribution in [0.5, 0.6) is 0 Å². The van der Waals surface area contributed by atoms with E-state index in [9.17, 15) is 4.39 Å². The van der Waals surface area contributed by atoms with Crippen LogP contribution < -0.4 is 5.73 Å². The molecule has 0 aliphatic heterocycles. The van der Waals surface area contributed by atoms with E-state index in [1.54, 1.807) is 6.07 Å². The third-order valence-corrected chi connectivity index (χ3v) is 3.21. The van der Waals surface area contributed by atoms with E-state index in [1.165, 1.54) is 18.2 Å². The molecule has 3 aromatic rings. The average molecular weight is 307 g/mol. The fraction of sp³-hybridized carbons (Fsp3) is 0. The molecule has 2 aromatic carbocycles. The van der Waals surface area contributed by atoms with Gasteiger partial charge < -0.3 is 10.2 Å². The molecule has 1 aromatic heterocycles. The van der Waals surface area contributed by atoms with Gasteiger partial charge >= 0.3 is 0 Å². The number of anilines is 1. The average Bonchev–Trinajstić information content (AvgIpc) is 2.77. The summed E-state index contributed by atoms with van der Waals surface area (Å²) < 4.78 is 20.1. The predicted molar refractivity (Wildman–Crippen MR) is 71.5 cm³/mol. The number of benzene rings is 2. The highest BCUT2D eigenvalue weighted by atomic mass is 79.9. The van der Waals surface area contributed by atoms with Gasteiger partial charge in [0.15, 0.2) is 5.58 Å². The largest absolute Gasteiger partial charge is 0.435 e. The van der Waals surface area contributed by atoms with Crippen molar-refractivity contribution in [2.45, 2.75) is 0 Å². The van der Waals surface area contributed by atoms with E-state index in [2.05, 4.69) is 20.9 Å². The number of para-hydroxylation sites is 1. The summed E-state index contributed by atoms with van der Waals surface area (Å²) in [7, 11) is 0. The Hall–Kier alpha value is -1.88. The molecule has 90 valence electrons. The summed E-state index contributed by atoms with van der Waals surface area (Å²) in [5.41, 5.74) is 7.63. The second kappa shape index (κ2) is 4.10. The summed E-state index contributed by atoms with van der Waals surface area (Å²) in [4.78, 5) is 4.25. The number of rotatable bonds is 1. The molecule has 5 heteroatoms. The van der Waals surface area contributed by atoms with Crippen LogP contribution in [0.3, 0.4) is 0 Å². The molecule has 0 radical (unpaired) electrons. The molecule has 2 N–H and O–H groups in total. The first-order valence-electron chi connectivity index (χ1n) is 5.25. The lowest BCUT2D eigenvalue weighted by Gasteiger charge is -1.99. The maximum Gasteiger partial charge on any atom is 0.230 e. The summed E-state index contributed by atoms with van der Waals surface area (Å²) in [5, 5.41) is 0. The Labute approximate surface area is 111 Å². The highest BCUT2D eigenvalue weighted by Gasteiger charge is 2.14. The van der Waals surface area contributed by atoms with Gasteiger partial charge in [0, 0.05) is 5.69 Å². The molecule has 0 fully saturated rings. The molecule has 1 heterocycles. The first-order valence-corrected chi connectivity index (χ1v) is 6.05. The Morgan fingerprint density at radius 3 is 2.83 bits per heavy atom. The maximum atomic E-state index is 13.7. The molecule has 0 atom stereocenters. The second-order valence-corrected chi connectivity index (χ2v) is 4.70. The van der Waals surface area contributed by atoms with Gasteiger partial charge in [-0.25, -0.2) is 9.37 Å². The van der Waals surface area contributed by atoms with Crippen LogP contribution in [0.4, 0.5) is 10.1 Å². The van der Waals surface area contributed by atoms with Gasteiger partial charge in [-0.1, -0.05) is 6.07 Å². The van der Waals surface area contributed by atoms with Crippen molar-refractivity contribution in [2.75, 3.05) is 5.73 Å². The van der Waals surface area contributed by atoms with Gasteiger partial charge in [-0.15, -0.1) is 0 Å². The van der Waals surface area contributed by atoms with Crippen LogP contribution in [0, 0.1) is 5.82 Å². The molecule has 3 rings (SSSR count). The monoisotopic (exact) mass is 306 g/mol. The van der Waals surface area contributed by atoms with Crippen LogP contribution >= 0.6 is 15.9 Å². The molecule has 0 saturated carbocycles. The number of halogens is 2. The normalized spacial score (nSPS) is 11.0. The Kier molecular flexibility index (Phi) is 2.56. The second-order valence-electron chi connectivity index (χ2n) is 3.85. The van der Waals surface area contributed by atoms with Crippen LogP contribution in [0.15, 0.2) is 45.3 Å². The number of oxazole rings is 1. The third kappa shape index (κ3) is 1.76. The summed E-state index contributed by atoms with van der Waals surface area (Å²) in [5.74, 6) is -0.187. The lowest BCUT2D eigenvalue weighted by Crippen LogP contribution is -1.89. The van der Waals surface area contributed by atoms with Crippen molar-refractivity contribution in [3.05, 3.63) is 46.7 Å². The highest BCUT2D eigenvalue weighted by Crippen LogP contribution is 2.31. The summed E-state index contributed by atoms with van der Waals surface area (Å²) in [6.45, 7) is 0. The lowest BCUT2D eigenvalue weighted by atomic mass is 10.2. The van der Waals surface area contributed by atoms with E-state index in [4.69, 9.17) is 10.2 Å². The van der Waals surface area contributed by atoms with Crippen LogP contribution in [0.2, 0.25) is 0 Å². The smallest absolute Gasteiger partial charge is 0.230 e. The van der Waals surface area contributed by atoms with Crippen molar-refractivity contribution in [2.24, 2.45) is 0 Å². The third-order valence-electron chi connectivity index (χ3n) is 2.59. The first kappa shape index (κ1) is 11.2. The molecule has 0 saturated heterocycles. The molecule has 0 spiro atoms. The quantitative estimate of drug-likeness (QED) is 0.692. The van der Waals surface area contributed by atoms with Gasteiger partial charge in [0.1, 0.15) is 11.3 Å². The van der Waals surface area contributed by atoms with Crippen LogP contribution in [-0.2, 0) is 0 Å². The van der Waals surface area contributed by atoms with Gasteiger partial charge in [0.05, 0.1) is 10.0 Å². The molecule has 0 aliphatic rings. The van der Waals surface area contributed by atoms with E-state index in [0.29, 0.717) is 16.8 Å². The summed E-state index contributed by atoms with van der Waals surface area (Å²) in [6, 6.07) is 9.79. The SMILES string of the molecule is Nc1ccc(F)c(-c2nc3cccc(Br)c3o2)c1. The fourth-order valence-corrected chi connectivity index (χ4v) is 2.17. The van der Waals surface area contributed by atoms with Crippen molar-refractivity contribution in [3.63, 3.8) is 0 Å². The van der Waals surface area contributed by atoms with Crippen molar-refractivity contribution >= 4 is 32.7 Å². The topological polar surface area (TPSA) is 52.0 Å². The molecular formula is C13H8BrFN2O. The zero-order valence-corrected chi connectivity index (χ0v) is 10.7. The Balaban J connectivity index is 2.26.